The smallest absolute Gasteiger partial charge is 0.301 e. The van der Waals surface area contributed by atoms with Crippen LogP contribution >= 0.6 is 53.1 Å². The molecular weight excluding hydrogens is 346 g/mol. The van der Waals surface area contributed by atoms with Gasteiger partial charge in [-0.3, -0.25) is 0 Å². The minimum absolute atomic E-state index is 0.354. The highest BCUT2D eigenvalue weighted by molar-refractivity contribution is 8.57. The van der Waals surface area contributed by atoms with E-state index in [2.05, 4.69) is 0 Å². The van der Waals surface area contributed by atoms with Crippen molar-refractivity contribution in [3.05, 3.63) is 28.2 Å². The zero-order chi connectivity index (χ0) is 14.3. The van der Waals surface area contributed by atoms with E-state index in [1.807, 2.05) is 0 Å². The molecule has 0 amide bonds. The molecular formula is C11H15Cl2O3PS2. The molecule has 1 aromatic carbocycles. The average Bonchev–Trinajstić information content (AvgIpc) is 2.34. The number of thioether (sulfide) groups is 1. The van der Waals surface area contributed by atoms with E-state index in [0.717, 1.165) is 16.3 Å². The van der Waals surface area contributed by atoms with Crippen LogP contribution in [0.25, 0.3) is 0 Å². The van der Waals surface area contributed by atoms with Crippen molar-refractivity contribution in [2.75, 3.05) is 18.3 Å². The fraction of sp³-hybridized carbons (Fsp3) is 0.455. The van der Waals surface area contributed by atoms with Gasteiger partial charge in [-0.1, -0.05) is 23.2 Å². The molecule has 3 nitrogen and oxygen atoms in total. The van der Waals surface area contributed by atoms with Gasteiger partial charge in [-0.15, -0.1) is 11.8 Å². The predicted molar refractivity (Wildman–Crippen MR) is 85.6 cm³/mol. The molecule has 19 heavy (non-hydrogen) atoms. The first-order valence-corrected chi connectivity index (χ1v) is 10.5. The summed E-state index contributed by atoms with van der Waals surface area (Å²) in [6, 6.07) is 5.25. The Bertz CT molecular complexity index is 450. The molecule has 108 valence electrons. The molecule has 0 atom stereocenters. The second-order valence-corrected chi connectivity index (χ2v) is 9.55. The summed E-state index contributed by atoms with van der Waals surface area (Å²) in [6.07, 6.45) is 0. The summed E-state index contributed by atoms with van der Waals surface area (Å²) in [5.74, 6) is 0. The quantitative estimate of drug-likeness (QED) is 0.324. The molecule has 0 fully saturated rings. The van der Waals surface area contributed by atoms with Crippen molar-refractivity contribution in [1.82, 2.24) is 0 Å². The van der Waals surface area contributed by atoms with Crippen LogP contribution in [0, 0.1) is 0 Å². The van der Waals surface area contributed by atoms with Crippen molar-refractivity contribution < 1.29 is 13.6 Å². The topological polar surface area (TPSA) is 35.5 Å². The van der Waals surface area contributed by atoms with Gasteiger partial charge in [0.1, 0.15) is 0 Å². The SMILES string of the molecule is CCOP(=O)(OCC)SCSc1cc(Cl)ccc1Cl. The molecule has 0 bridgehead atoms. The van der Waals surface area contributed by atoms with Gasteiger partial charge in [-0.2, -0.15) is 0 Å². The summed E-state index contributed by atoms with van der Waals surface area (Å²) in [5, 5.41) is 1.75. The van der Waals surface area contributed by atoms with Gasteiger partial charge in [0.15, 0.2) is 0 Å². The number of halogens is 2. The molecule has 0 N–H and O–H groups in total. The molecule has 1 rings (SSSR count). The third-order valence-corrected chi connectivity index (χ3v) is 8.11. The van der Waals surface area contributed by atoms with Gasteiger partial charge in [0.25, 0.3) is 0 Å². The molecule has 0 unspecified atom stereocenters. The largest absolute Gasteiger partial charge is 0.389 e. The van der Waals surface area contributed by atoms with E-state index in [4.69, 9.17) is 32.2 Å². The summed E-state index contributed by atoms with van der Waals surface area (Å²) in [5.41, 5.74) is 0. The van der Waals surface area contributed by atoms with E-state index in [9.17, 15) is 4.57 Å². The van der Waals surface area contributed by atoms with Gasteiger partial charge < -0.3 is 9.05 Å². The molecule has 0 aliphatic carbocycles. The lowest BCUT2D eigenvalue weighted by atomic mass is 10.4. The lowest BCUT2D eigenvalue weighted by Gasteiger charge is -2.15. The first kappa shape index (κ1) is 17.7. The standard InChI is InChI=1S/C11H15Cl2O3PS2/c1-3-15-17(14,16-4-2)19-8-18-11-7-9(12)5-6-10(11)13/h5-7H,3-4,8H2,1-2H3. The Labute approximate surface area is 132 Å². The Kier molecular flexibility index (Phi) is 8.23. The van der Waals surface area contributed by atoms with E-state index >= 15 is 0 Å². The summed E-state index contributed by atoms with van der Waals surface area (Å²) in [6.45, 7) is 1.21. The maximum atomic E-state index is 12.2. The Balaban J connectivity index is 2.56. The predicted octanol–water partition coefficient (Wildman–Crippen LogP) is 5.96. The van der Waals surface area contributed by atoms with Crippen molar-refractivity contribution in [3.8, 4) is 0 Å². The lowest BCUT2D eigenvalue weighted by molar-refractivity contribution is 0.237. The summed E-state index contributed by atoms with van der Waals surface area (Å²) >= 11 is 14.6. The van der Waals surface area contributed by atoms with Crippen LogP contribution in [-0.4, -0.2) is 18.3 Å². The minimum Gasteiger partial charge on any atom is -0.301 e. The van der Waals surface area contributed by atoms with Gasteiger partial charge >= 0.3 is 6.80 Å². The Morgan fingerprint density at radius 2 is 1.84 bits per heavy atom. The van der Waals surface area contributed by atoms with Crippen LogP contribution in [0.4, 0.5) is 0 Å². The molecule has 0 heterocycles. The summed E-state index contributed by atoms with van der Waals surface area (Å²) in [7, 11) is 0. The molecule has 0 aromatic heterocycles. The van der Waals surface area contributed by atoms with E-state index in [0.29, 0.717) is 28.3 Å². The Morgan fingerprint density at radius 1 is 1.21 bits per heavy atom. The molecule has 0 saturated carbocycles. The third kappa shape index (κ3) is 6.30. The van der Waals surface area contributed by atoms with Gasteiger partial charge in [0.2, 0.25) is 0 Å². The van der Waals surface area contributed by atoms with Crippen molar-refractivity contribution in [1.29, 1.82) is 0 Å². The Hall–Kier alpha value is 0.650. The molecule has 0 spiro atoms. The third-order valence-electron chi connectivity index (χ3n) is 1.89. The van der Waals surface area contributed by atoms with E-state index < -0.39 is 6.80 Å². The molecule has 0 radical (unpaired) electrons. The van der Waals surface area contributed by atoms with Crippen LogP contribution in [0.15, 0.2) is 23.1 Å². The van der Waals surface area contributed by atoms with E-state index in [1.165, 1.54) is 11.8 Å². The molecule has 0 saturated heterocycles. The fourth-order valence-electron chi connectivity index (χ4n) is 1.17. The highest BCUT2D eigenvalue weighted by atomic mass is 35.5. The number of hydrogen-bond donors (Lipinski definition) is 0. The van der Waals surface area contributed by atoms with Gasteiger partial charge in [-0.25, -0.2) is 4.57 Å². The first-order chi connectivity index (χ1) is 9.00. The van der Waals surface area contributed by atoms with E-state index in [-0.39, 0.29) is 0 Å². The van der Waals surface area contributed by atoms with Crippen molar-refractivity contribution in [2.24, 2.45) is 0 Å². The van der Waals surface area contributed by atoms with Gasteiger partial charge in [0, 0.05) is 9.92 Å². The summed E-state index contributed by atoms with van der Waals surface area (Å²) < 4.78 is 22.6. The lowest BCUT2D eigenvalue weighted by Crippen LogP contribution is -1.92. The van der Waals surface area contributed by atoms with Crippen molar-refractivity contribution in [3.63, 3.8) is 0 Å². The van der Waals surface area contributed by atoms with E-state index in [1.54, 1.807) is 32.0 Å². The van der Waals surface area contributed by atoms with Crippen molar-refractivity contribution in [2.45, 2.75) is 18.7 Å². The zero-order valence-corrected chi connectivity index (χ0v) is 14.6. The highest BCUT2D eigenvalue weighted by Gasteiger charge is 2.24. The van der Waals surface area contributed by atoms with Crippen LogP contribution in [0.2, 0.25) is 10.0 Å². The first-order valence-electron chi connectivity index (χ1n) is 5.62. The molecule has 1 aromatic rings. The van der Waals surface area contributed by atoms with Gasteiger partial charge in [0.05, 0.1) is 23.3 Å². The maximum absolute atomic E-state index is 12.2. The second-order valence-electron chi connectivity index (χ2n) is 3.25. The van der Waals surface area contributed by atoms with Gasteiger partial charge in [-0.05, 0) is 43.4 Å². The number of benzene rings is 1. The van der Waals surface area contributed by atoms with Crippen LogP contribution in [0.3, 0.4) is 0 Å². The zero-order valence-electron chi connectivity index (χ0n) is 10.6. The highest BCUT2D eigenvalue weighted by Crippen LogP contribution is 2.61. The normalized spacial score (nSPS) is 11.8. The minimum atomic E-state index is -3.06. The van der Waals surface area contributed by atoms with Crippen LogP contribution < -0.4 is 0 Å². The monoisotopic (exact) mass is 360 g/mol. The maximum Gasteiger partial charge on any atom is 0.389 e. The molecule has 8 heteroatoms. The number of hydrogen-bond acceptors (Lipinski definition) is 5. The number of rotatable bonds is 8. The molecule has 0 aliphatic heterocycles. The van der Waals surface area contributed by atoms with Crippen molar-refractivity contribution >= 4 is 53.1 Å². The van der Waals surface area contributed by atoms with Crippen LogP contribution in [0.5, 0.6) is 0 Å². The average molecular weight is 361 g/mol. The fourth-order valence-corrected chi connectivity index (χ4v) is 6.91. The Morgan fingerprint density at radius 3 is 2.42 bits per heavy atom. The van der Waals surface area contributed by atoms with Crippen LogP contribution in [-0.2, 0) is 13.6 Å². The second kappa shape index (κ2) is 8.83. The molecule has 0 aliphatic rings. The van der Waals surface area contributed by atoms with Crippen LogP contribution in [0.1, 0.15) is 13.8 Å². The summed E-state index contributed by atoms with van der Waals surface area (Å²) in [4.78, 5) is 0.848.